The second kappa shape index (κ2) is 9.12. The van der Waals surface area contributed by atoms with Crippen molar-refractivity contribution in [3.05, 3.63) is 36.1 Å². The van der Waals surface area contributed by atoms with Gasteiger partial charge in [0.1, 0.15) is 11.5 Å². The number of ether oxygens (including phenoxy) is 1. The molecule has 1 atom stereocenters. The molecule has 0 saturated heterocycles. The molecule has 0 aliphatic heterocycles. The molecule has 8 heteroatoms. The van der Waals surface area contributed by atoms with E-state index >= 15 is 0 Å². The van der Waals surface area contributed by atoms with E-state index in [9.17, 15) is 9.59 Å². The Morgan fingerprint density at radius 2 is 2.00 bits per heavy atom. The van der Waals surface area contributed by atoms with Gasteiger partial charge in [-0.15, -0.1) is 11.8 Å². The van der Waals surface area contributed by atoms with Crippen LogP contribution >= 0.6 is 11.8 Å². The summed E-state index contributed by atoms with van der Waals surface area (Å²) in [6.45, 7) is 5.98. The predicted octanol–water partition coefficient (Wildman–Crippen LogP) is 3.08. The molecule has 0 radical (unpaired) electrons. The molecule has 1 aromatic carbocycles. The summed E-state index contributed by atoms with van der Waals surface area (Å²) in [6, 6.07) is 8.77. The van der Waals surface area contributed by atoms with E-state index in [2.05, 4.69) is 15.8 Å². The van der Waals surface area contributed by atoms with Gasteiger partial charge in [0.2, 0.25) is 11.8 Å². The van der Waals surface area contributed by atoms with E-state index in [0.29, 0.717) is 23.9 Å². The second-order valence-electron chi connectivity index (χ2n) is 5.27. The molecule has 2 N–H and O–H groups in total. The Bertz CT molecular complexity index is 715. The molecular weight excluding hydrogens is 342 g/mol. The first-order chi connectivity index (χ1) is 12.0. The Balaban J connectivity index is 1.75. The molecule has 0 aliphatic carbocycles. The number of hydrogen-bond acceptors (Lipinski definition) is 6. The number of hydrogen-bond donors (Lipinski definition) is 2. The number of carbonyl (C=O) groups is 2. The van der Waals surface area contributed by atoms with Crippen LogP contribution in [-0.2, 0) is 9.59 Å². The Hall–Kier alpha value is -2.48. The summed E-state index contributed by atoms with van der Waals surface area (Å²) in [7, 11) is 0. The van der Waals surface area contributed by atoms with Gasteiger partial charge >= 0.3 is 0 Å². The van der Waals surface area contributed by atoms with Crippen LogP contribution in [0.4, 0.5) is 11.5 Å². The van der Waals surface area contributed by atoms with Gasteiger partial charge < -0.3 is 19.9 Å². The maximum atomic E-state index is 12.0. The highest BCUT2D eigenvalue weighted by molar-refractivity contribution is 8.01. The summed E-state index contributed by atoms with van der Waals surface area (Å²) in [5, 5.41) is 8.73. The summed E-state index contributed by atoms with van der Waals surface area (Å²) < 4.78 is 10.2. The number of rotatable bonds is 8. The highest BCUT2D eigenvalue weighted by Crippen LogP contribution is 2.17. The predicted molar refractivity (Wildman–Crippen MR) is 98.0 cm³/mol. The molecular formula is C17H21N3O4S. The minimum Gasteiger partial charge on any atom is -0.494 e. The summed E-state index contributed by atoms with van der Waals surface area (Å²) >= 11 is 1.24. The highest BCUT2D eigenvalue weighted by Gasteiger charge is 2.16. The number of aromatic nitrogens is 1. The quantitative estimate of drug-likeness (QED) is 0.749. The molecule has 0 spiro atoms. The molecule has 0 aliphatic rings. The van der Waals surface area contributed by atoms with Crippen molar-refractivity contribution in [2.45, 2.75) is 26.0 Å². The molecule has 2 rings (SSSR count). The fraction of sp³-hybridized carbons (Fsp3) is 0.353. The van der Waals surface area contributed by atoms with Crippen LogP contribution in [-0.4, -0.2) is 34.6 Å². The van der Waals surface area contributed by atoms with Gasteiger partial charge in [0.15, 0.2) is 5.82 Å². The standard InChI is InChI=1S/C17H21N3O4S/c1-4-23-14-7-5-13(6-8-14)18-16(21)10-25-12(3)17(22)19-15-9-11(2)24-20-15/h5-9,12H,4,10H2,1-3H3,(H,18,21)(H,19,20,22). The van der Waals surface area contributed by atoms with E-state index < -0.39 is 5.25 Å². The van der Waals surface area contributed by atoms with Crippen LogP contribution in [0.2, 0.25) is 0 Å². The lowest BCUT2D eigenvalue weighted by molar-refractivity contribution is -0.115. The van der Waals surface area contributed by atoms with E-state index in [1.807, 2.05) is 6.92 Å². The summed E-state index contributed by atoms with van der Waals surface area (Å²) in [5.74, 6) is 1.50. The fourth-order valence-corrected chi connectivity index (χ4v) is 2.61. The number of nitrogens with one attached hydrogen (secondary N) is 2. The molecule has 25 heavy (non-hydrogen) atoms. The average Bonchev–Trinajstić information content (AvgIpc) is 2.99. The van der Waals surface area contributed by atoms with Gasteiger partial charge in [-0.05, 0) is 45.0 Å². The van der Waals surface area contributed by atoms with Crippen molar-refractivity contribution in [1.29, 1.82) is 0 Å². The average molecular weight is 363 g/mol. The monoisotopic (exact) mass is 363 g/mol. The van der Waals surface area contributed by atoms with E-state index in [-0.39, 0.29) is 17.6 Å². The van der Waals surface area contributed by atoms with E-state index in [1.165, 1.54) is 11.8 Å². The summed E-state index contributed by atoms with van der Waals surface area (Å²) in [4.78, 5) is 24.0. The van der Waals surface area contributed by atoms with E-state index in [1.54, 1.807) is 44.2 Å². The van der Waals surface area contributed by atoms with Gasteiger partial charge in [-0.3, -0.25) is 9.59 Å². The number of amides is 2. The lowest BCUT2D eigenvalue weighted by atomic mass is 10.3. The molecule has 7 nitrogen and oxygen atoms in total. The zero-order chi connectivity index (χ0) is 18.2. The number of carbonyl (C=O) groups excluding carboxylic acids is 2. The largest absolute Gasteiger partial charge is 0.494 e. The first-order valence-corrected chi connectivity index (χ1v) is 8.91. The van der Waals surface area contributed by atoms with Crippen molar-refractivity contribution in [1.82, 2.24) is 5.16 Å². The van der Waals surface area contributed by atoms with Gasteiger partial charge in [-0.2, -0.15) is 0 Å². The topological polar surface area (TPSA) is 93.5 Å². The second-order valence-corrected chi connectivity index (χ2v) is 6.60. The zero-order valence-electron chi connectivity index (χ0n) is 14.4. The van der Waals surface area contributed by atoms with Gasteiger partial charge in [0.25, 0.3) is 0 Å². The molecule has 0 saturated carbocycles. The first kappa shape index (κ1) is 18.9. The minimum absolute atomic E-state index is 0.166. The van der Waals surface area contributed by atoms with Crippen LogP contribution < -0.4 is 15.4 Å². The van der Waals surface area contributed by atoms with Crippen molar-refractivity contribution < 1.29 is 18.8 Å². The third kappa shape index (κ3) is 6.15. The molecule has 0 bridgehead atoms. The van der Waals surface area contributed by atoms with Crippen molar-refractivity contribution >= 4 is 35.1 Å². The van der Waals surface area contributed by atoms with Gasteiger partial charge in [0, 0.05) is 11.8 Å². The van der Waals surface area contributed by atoms with E-state index in [4.69, 9.17) is 9.26 Å². The van der Waals surface area contributed by atoms with Crippen LogP contribution in [0, 0.1) is 6.92 Å². The Morgan fingerprint density at radius 1 is 1.28 bits per heavy atom. The maximum absolute atomic E-state index is 12.0. The van der Waals surface area contributed by atoms with E-state index in [0.717, 1.165) is 5.75 Å². The van der Waals surface area contributed by atoms with Crippen molar-refractivity contribution in [3.63, 3.8) is 0 Å². The van der Waals surface area contributed by atoms with Crippen LogP contribution in [0.3, 0.4) is 0 Å². The van der Waals surface area contributed by atoms with Crippen LogP contribution in [0.1, 0.15) is 19.6 Å². The lowest BCUT2D eigenvalue weighted by Crippen LogP contribution is -2.25. The third-order valence-electron chi connectivity index (χ3n) is 3.16. The zero-order valence-corrected chi connectivity index (χ0v) is 15.2. The fourth-order valence-electron chi connectivity index (χ4n) is 1.93. The van der Waals surface area contributed by atoms with Crippen LogP contribution in [0.25, 0.3) is 0 Å². The van der Waals surface area contributed by atoms with Crippen molar-refractivity contribution in [2.24, 2.45) is 0 Å². The summed E-state index contributed by atoms with van der Waals surface area (Å²) in [6.07, 6.45) is 0. The third-order valence-corrected chi connectivity index (χ3v) is 4.30. The van der Waals surface area contributed by atoms with Crippen molar-refractivity contribution in [3.8, 4) is 5.75 Å². The SMILES string of the molecule is CCOc1ccc(NC(=O)CSC(C)C(=O)Nc2cc(C)on2)cc1. The van der Waals surface area contributed by atoms with Crippen LogP contribution in [0.15, 0.2) is 34.9 Å². The number of benzene rings is 1. The van der Waals surface area contributed by atoms with Gasteiger partial charge in [-0.1, -0.05) is 5.16 Å². The lowest BCUT2D eigenvalue weighted by Gasteiger charge is -2.11. The van der Waals surface area contributed by atoms with Crippen molar-refractivity contribution in [2.75, 3.05) is 23.0 Å². The smallest absolute Gasteiger partial charge is 0.238 e. The highest BCUT2D eigenvalue weighted by atomic mass is 32.2. The normalized spacial score (nSPS) is 11.6. The minimum atomic E-state index is -0.400. The molecule has 2 aromatic rings. The van der Waals surface area contributed by atoms with Crippen LogP contribution in [0.5, 0.6) is 5.75 Å². The number of nitrogens with zero attached hydrogens (tertiary/aromatic N) is 1. The Morgan fingerprint density at radius 3 is 2.60 bits per heavy atom. The number of aryl methyl sites for hydroxylation is 1. The molecule has 1 heterocycles. The maximum Gasteiger partial charge on any atom is 0.238 e. The summed E-state index contributed by atoms with van der Waals surface area (Å²) in [5.41, 5.74) is 0.684. The van der Waals surface area contributed by atoms with Gasteiger partial charge in [-0.25, -0.2) is 0 Å². The molecule has 134 valence electrons. The molecule has 0 fully saturated rings. The number of thioether (sulfide) groups is 1. The Labute approximate surface area is 150 Å². The first-order valence-electron chi connectivity index (χ1n) is 7.86. The molecule has 2 amide bonds. The molecule has 1 unspecified atom stereocenters. The number of anilines is 2. The Kier molecular flexibility index (Phi) is 6.88. The molecule has 1 aromatic heterocycles. The van der Waals surface area contributed by atoms with Gasteiger partial charge in [0.05, 0.1) is 17.6 Å².